The number of hydrogen-bond donors (Lipinski definition) is 1. The molecule has 3 rings (SSSR count). The Bertz CT molecular complexity index is 1120. The van der Waals surface area contributed by atoms with E-state index in [4.69, 9.17) is 9.84 Å². The number of carbonyl (C=O) groups excluding carboxylic acids is 1. The number of amides is 1. The molecule has 1 N–H and O–H groups in total. The molecule has 0 atom stereocenters. The van der Waals surface area contributed by atoms with Crippen molar-refractivity contribution in [2.75, 3.05) is 20.3 Å². The zero-order chi connectivity index (χ0) is 22.2. The van der Waals surface area contributed by atoms with Crippen molar-refractivity contribution in [1.82, 2.24) is 15.1 Å². The summed E-state index contributed by atoms with van der Waals surface area (Å²) >= 11 is 0. The van der Waals surface area contributed by atoms with Gasteiger partial charge in [0.05, 0.1) is 5.69 Å². The summed E-state index contributed by atoms with van der Waals surface area (Å²) < 4.78 is 6.76. The lowest BCUT2D eigenvalue weighted by atomic mass is 10.0. The van der Waals surface area contributed by atoms with Crippen molar-refractivity contribution >= 4 is 12.0 Å². The van der Waals surface area contributed by atoms with E-state index in [1.54, 1.807) is 17.9 Å². The third kappa shape index (κ3) is 5.47. The van der Waals surface area contributed by atoms with Gasteiger partial charge in [-0.1, -0.05) is 30.3 Å². The van der Waals surface area contributed by atoms with Crippen molar-refractivity contribution in [3.05, 3.63) is 77.0 Å². The average molecular weight is 415 g/mol. The van der Waals surface area contributed by atoms with Crippen LogP contribution < -0.4 is 5.32 Å². The molecule has 0 fully saturated rings. The first-order valence-electron chi connectivity index (χ1n) is 10.1. The number of para-hydroxylation sites is 1. The van der Waals surface area contributed by atoms with Gasteiger partial charge in [0.1, 0.15) is 17.3 Å². The Kier molecular flexibility index (Phi) is 7.36. The van der Waals surface area contributed by atoms with Crippen LogP contribution in [0.4, 0.5) is 0 Å². The van der Waals surface area contributed by atoms with Gasteiger partial charge in [-0.25, -0.2) is 4.68 Å². The van der Waals surface area contributed by atoms with E-state index in [-0.39, 0.29) is 5.57 Å². The molecule has 0 spiro atoms. The fraction of sp³-hybridized carbons (Fsp3) is 0.240. The molecule has 6 heteroatoms. The molecule has 0 saturated carbocycles. The highest BCUT2D eigenvalue weighted by Crippen LogP contribution is 2.27. The predicted octanol–water partition coefficient (Wildman–Crippen LogP) is 4.22. The lowest BCUT2D eigenvalue weighted by Crippen LogP contribution is -2.26. The first-order chi connectivity index (χ1) is 15.0. The maximum atomic E-state index is 12.5. The Hall–Kier alpha value is -3.69. The smallest absolute Gasteiger partial charge is 0.261 e. The highest BCUT2D eigenvalue weighted by molar-refractivity contribution is 6.02. The molecule has 1 aromatic heterocycles. The quantitative estimate of drug-likeness (QED) is 0.340. The number of nitriles is 1. The Labute approximate surface area is 182 Å². The highest BCUT2D eigenvalue weighted by atomic mass is 16.5. The van der Waals surface area contributed by atoms with E-state index < -0.39 is 5.91 Å². The van der Waals surface area contributed by atoms with E-state index in [1.807, 2.05) is 54.7 Å². The molecule has 1 amide bonds. The Balaban J connectivity index is 2.01. The number of benzene rings is 2. The third-order valence-electron chi connectivity index (χ3n) is 5.02. The Morgan fingerprint density at radius 1 is 1.19 bits per heavy atom. The third-order valence-corrected chi connectivity index (χ3v) is 5.02. The van der Waals surface area contributed by atoms with E-state index in [0.717, 1.165) is 16.8 Å². The molecule has 6 nitrogen and oxygen atoms in total. The van der Waals surface area contributed by atoms with Crippen molar-refractivity contribution in [3.63, 3.8) is 0 Å². The molecule has 158 valence electrons. The minimum Gasteiger partial charge on any atom is -0.385 e. The topological polar surface area (TPSA) is 79.9 Å². The number of nitrogens with zero attached hydrogens (tertiary/aromatic N) is 3. The number of methoxy groups -OCH3 is 1. The van der Waals surface area contributed by atoms with Crippen LogP contribution in [-0.4, -0.2) is 35.9 Å². The normalized spacial score (nSPS) is 11.2. The molecular weight excluding hydrogens is 388 g/mol. The number of aryl methyl sites for hydroxylation is 2. The van der Waals surface area contributed by atoms with Gasteiger partial charge in [-0.2, -0.15) is 10.4 Å². The molecule has 31 heavy (non-hydrogen) atoms. The summed E-state index contributed by atoms with van der Waals surface area (Å²) in [6.07, 6.45) is 4.12. The maximum Gasteiger partial charge on any atom is 0.261 e. The van der Waals surface area contributed by atoms with Gasteiger partial charge >= 0.3 is 0 Å². The SMILES string of the molecule is COCCCNC(=O)/C(C#N)=C/c1cn(-c2ccccc2)nc1-c1ccc(C)c(C)c1. The van der Waals surface area contributed by atoms with Gasteiger partial charge in [-0.3, -0.25) is 4.79 Å². The Morgan fingerprint density at radius 2 is 1.97 bits per heavy atom. The van der Waals surface area contributed by atoms with E-state index in [9.17, 15) is 10.1 Å². The first-order valence-corrected chi connectivity index (χ1v) is 10.1. The van der Waals surface area contributed by atoms with Crippen molar-refractivity contribution in [1.29, 1.82) is 5.26 Å². The van der Waals surface area contributed by atoms with Crippen LogP contribution in [0, 0.1) is 25.2 Å². The van der Waals surface area contributed by atoms with Crippen molar-refractivity contribution in [3.8, 4) is 23.0 Å². The van der Waals surface area contributed by atoms with Gasteiger partial charge in [0.2, 0.25) is 0 Å². The molecule has 3 aromatic rings. The van der Waals surface area contributed by atoms with Crippen LogP contribution in [0.15, 0.2) is 60.3 Å². The molecule has 0 unspecified atom stereocenters. The second kappa shape index (κ2) is 10.4. The van der Waals surface area contributed by atoms with E-state index in [0.29, 0.717) is 30.8 Å². The van der Waals surface area contributed by atoms with Crippen LogP contribution in [0.1, 0.15) is 23.1 Å². The van der Waals surface area contributed by atoms with Gasteiger partial charge < -0.3 is 10.1 Å². The molecular formula is C25H26N4O2. The molecule has 0 bridgehead atoms. The second-order valence-corrected chi connectivity index (χ2v) is 7.28. The Morgan fingerprint density at radius 3 is 2.65 bits per heavy atom. The molecule has 2 aromatic carbocycles. The van der Waals surface area contributed by atoms with E-state index >= 15 is 0 Å². The summed E-state index contributed by atoms with van der Waals surface area (Å²) in [6, 6.07) is 17.9. The van der Waals surface area contributed by atoms with Crippen LogP contribution in [0.3, 0.4) is 0 Å². The van der Waals surface area contributed by atoms with Crippen LogP contribution >= 0.6 is 0 Å². The molecule has 0 aliphatic rings. The van der Waals surface area contributed by atoms with Gasteiger partial charge in [0.25, 0.3) is 5.91 Å². The molecule has 0 aliphatic heterocycles. The van der Waals surface area contributed by atoms with E-state index in [2.05, 4.69) is 25.2 Å². The molecule has 0 saturated heterocycles. The summed E-state index contributed by atoms with van der Waals surface area (Å²) in [5, 5.41) is 17.1. The number of rotatable bonds is 8. The van der Waals surface area contributed by atoms with Crippen molar-refractivity contribution in [2.45, 2.75) is 20.3 Å². The lowest BCUT2D eigenvalue weighted by Gasteiger charge is -2.05. The van der Waals surface area contributed by atoms with Gasteiger partial charge in [-0.15, -0.1) is 0 Å². The van der Waals surface area contributed by atoms with Crippen molar-refractivity contribution < 1.29 is 9.53 Å². The average Bonchev–Trinajstić information content (AvgIpc) is 3.21. The zero-order valence-corrected chi connectivity index (χ0v) is 18.1. The minimum atomic E-state index is -0.405. The van der Waals surface area contributed by atoms with Crippen LogP contribution in [0.2, 0.25) is 0 Å². The van der Waals surface area contributed by atoms with Crippen LogP contribution in [0.5, 0.6) is 0 Å². The van der Waals surface area contributed by atoms with Gasteiger partial charge in [-0.05, 0) is 55.7 Å². The summed E-state index contributed by atoms with van der Waals surface area (Å²) in [5.41, 5.74) is 5.63. The monoisotopic (exact) mass is 414 g/mol. The highest BCUT2D eigenvalue weighted by Gasteiger charge is 2.15. The zero-order valence-electron chi connectivity index (χ0n) is 18.1. The second-order valence-electron chi connectivity index (χ2n) is 7.28. The number of nitrogens with one attached hydrogen (secondary N) is 1. The van der Waals surface area contributed by atoms with E-state index in [1.165, 1.54) is 5.56 Å². The first kappa shape index (κ1) is 22.0. The summed E-state index contributed by atoms with van der Waals surface area (Å²) in [4.78, 5) is 12.5. The van der Waals surface area contributed by atoms with Gasteiger partial charge in [0.15, 0.2) is 0 Å². The number of aromatic nitrogens is 2. The number of carbonyl (C=O) groups is 1. The fourth-order valence-electron chi connectivity index (χ4n) is 3.14. The summed E-state index contributed by atoms with van der Waals surface area (Å²) in [7, 11) is 1.61. The van der Waals surface area contributed by atoms with Crippen molar-refractivity contribution in [2.24, 2.45) is 0 Å². The summed E-state index contributed by atoms with van der Waals surface area (Å²) in [6.45, 7) is 5.10. The number of hydrogen-bond acceptors (Lipinski definition) is 4. The standard InChI is InChI=1S/C25H26N4O2/c1-18-10-11-20(14-19(18)2)24-22(17-29(28-24)23-8-5-4-6-9-23)15-21(16-26)25(30)27-12-7-13-31-3/h4-6,8-11,14-15,17H,7,12-13H2,1-3H3,(H,27,30)/b21-15+. The van der Waals surface area contributed by atoms with Crippen LogP contribution in [-0.2, 0) is 9.53 Å². The predicted molar refractivity (Wildman–Crippen MR) is 122 cm³/mol. The fourth-order valence-corrected chi connectivity index (χ4v) is 3.14. The van der Waals surface area contributed by atoms with Gasteiger partial charge in [0, 0.05) is 37.6 Å². The number of ether oxygens (including phenoxy) is 1. The lowest BCUT2D eigenvalue weighted by molar-refractivity contribution is -0.117. The largest absolute Gasteiger partial charge is 0.385 e. The minimum absolute atomic E-state index is 0.0371. The molecule has 0 aliphatic carbocycles. The van der Waals surface area contributed by atoms with Crippen LogP contribution in [0.25, 0.3) is 23.0 Å². The maximum absolute atomic E-state index is 12.5. The molecule has 1 heterocycles. The summed E-state index contributed by atoms with van der Waals surface area (Å²) in [5.74, 6) is -0.405. The molecule has 0 radical (unpaired) electrons.